The van der Waals surface area contributed by atoms with Crippen LogP contribution < -0.4 is 21.3 Å². The smallest absolute Gasteiger partial charge is 0.234 e. The minimum Gasteiger partial charge on any atom is -0.369 e. The minimum atomic E-state index is -0.465. The number of benzene rings is 1. The molecule has 1 aromatic rings. The number of carbonyl (C=O) groups excluding carboxylic acids is 2. The molecule has 1 aliphatic heterocycles. The summed E-state index contributed by atoms with van der Waals surface area (Å²) >= 11 is 0. The van der Waals surface area contributed by atoms with Gasteiger partial charge in [0.25, 0.3) is 0 Å². The minimum absolute atomic E-state index is 0.335. The molecule has 1 atom stereocenters. The number of hydrogen-bond donors (Lipinski definition) is 3. The third kappa shape index (κ3) is 4.82. The quantitative estimate of drug-likeness (QED) is 0.589. The van der Waals surface area contributed by atoms with Gasteiger partial charge in [-0.3, -0.25) is 4.79 Å². The number of rotatable bonds is 8. The van der Waals surface area contributed by atoms with Crippen LogP contribution in [0, 0.1) is 0 Å². The van der Waals surface area contributed by atoms with Gasteiger partial charge in [0.2, 0.25) is 5.91 Å². The van der Waals surface area contributed by atoms with Crippen molar-refractivity contribution in [3.63, 3.8) is 0 Å². The average molecular weight is 304 g/mol. The van der Waals surface area contributed by atoms with Gasteiger partial charge in [-0.2, -0.15) is 0 Å². The lowest BCUT2D eigenvalue weighted by molar-refractivity contribution is -0.120. The van der Waals surface area contributed by atoms with E-state index in [0.29, 0.717) is 19.4 Å². The van der Waals surface area contributed by atoms with Gasteiger partial charge in [0.15, 0.2) is 0 Å². The van der Waals surface area contributed by atoms with Crippen LogP contribution >= 0.6 is 0 Å². The zero-order valence-corrected chi connectivity index (χ0v) is 12.8. The molecule has 1 saturated heterocycles. The average Bonchev–Trinajstić information content (AvgIpc) is 2.55. The molecule has 0 bridgehead atoms. The predicted molar refractivity (Wildman–Crippen MR) is 86.6 cm³/mol. The summed E-state index contributed by atoms with van der Waals surface area (Å²) in [5, 5.41) is 6.47. The Balaban J connectivity index is 1.94. The molecule has 2 rings (SSSR count). The van der Waals surface area contributed by atoms with Crippen LogP contribution in [0.25, 0.3) is 0 Å². The largest absolute Gasteiger partial charge is 0.369 e. The van der Waals surface area contributed by atoms with Crippen molar-refractivity contribution in [2.45, 2.75) is 25.4 Å². The summed E-state index contributed by atoms with van der Waals surface area (Å²) in [5.41, 5.74) is 7.66. The van der Waals surface area contributed by atoms with Gasteiger partial charge < -0.3 is 26.1 Å². The molecular weight excluding hydrogens is 280 g/mol. The first-order valence-corrected chi connectivity index (χ1v) is 7.71. The van der Waals surface area contributed by atoms with E-state index in [1.54, 1.807) is 0 Å². The van der Waals surface area contributed by atoms with Gasteiger partial charge in [-0.15, -0.1) is 0 Å². The standard InChI is InChI=1S/C16H24N4O2/c17-16(22)15(5-2-10-21)19-12-13-3-1-4-14(11-13)20-8-6-18-7-9-20/h1,3-4,10-11,15,18-19H,2,5-9,12H2,(H2,17,22). The molecule has 4 N–H and O–H groups in total. The van der Waals surface area contributed by atoms with Crippen molar-refractivity contribution in [3.8, 4) is 0 Å². The lowest BCUT2D eigenvalue weighted by Crippen LogP contribution is -2.43. The van der Waals surface area contributed by atoms with Crippen molar-refractivity contribution in [2.24, 2.45) is 5.73 Å². The number of nitrogens with two attached hydrogens (primary N) is 1. The van der Waals surface area contributed by atoms with Gasteiger partial charge in [-0.05, 0) is 24.1 Å². The van der Waals surface area contributed by atoms with Gasteiger partial charge in [-0.25, -0.2) is 0 Å². The summed E-state index contributed by atoms with van der Waals surface area (Å²) in [6.07, 6.45) is 1.58. The third-order valence-electron chi connectivity index (χ3n) is 3.86. The zero-order valence-electron chi connectivity index (χ0n) is 12.8. The molecule has 6 heteroatoms. The molecule has 0 aliphatic carbocycles. The number of amides is 1. The van der Waals surface area contributed by atoms with Crippen LogP contribution in [0.15, 0.2) is 24.3 Å². The topological polar surface area (TPSA) is 87.5 Å². The zero-order chi connectivity index (χ0) is 15.8. The van der Waals surface area contributed by atoms with E-state index in [-0.39, 0.29) is 0 Å². The first-order valence-electron chi connectivity index (χ1n) is 7.71. The van der Waals surface area contributed by atoms with Crippen LogP contribution in [0.2, 0.25) is 0 Å². The highest BCUT2D eigenvalue weighted by atomic mass is 16.1. The second kappa shape index (κ2) is 8.51. The van der Waals surface area contributed by atoms with E-state index in [4.69, 9.17) is 5.73 Å². The van der Waals surface area contributed by atoms with E-state index < -0.39 is 11.9 Å². The SMILES string of the molecule is NC(=O)C(CCC=O)NCc1cccc(N2CCNCC2)c1. The van der Waals surface area contributed by atoms with E-state index in [0.717, 1.165) is 38.0 Å². The molecule has 1 heterocycles. The molecule has 1 amide bonds. The highest BCUT2D eigenvalue weighted by molar-refractivity contribution is 5.80. The third-order valence-corrected chi connectivity index (χ3v) is 3.86. The summed E-state index contributed by atoms with van der Waals surface area (Å²) in [6, 6.07) is 7.83. The molecule has 1 fully saturated rings. The van der Waals surface area contributed by atoms with Crippen LogP contribution in [-0.2, 0) is 16.1 Å². The molecule has 6 nitrogen and oxygen atoms in total. The molecule has 1 unspecified atom stereocenters. The number of nitrogens with one attached hydrogen (secondary N) is 2. The van der Waals surface area contributed by atoms with Crippen LogP contribution in [0.1, 0.15) is 18.4 Å². The van der Waals surface area contributed by atoms with Crippen LogP contribution in [0.3, 0.4) is 0 Å². The van der Waals surface area contributed by atoms with Crippen LogP contribution in [0.5, 0.6) is 0 Å². The van der Waals surface area contributed by atoms with Crippen molar-refractivity contribution < 1.29 is 9.59 Å². The van der Waals surface area contributed by atoms with E-state index in [9.17, 15) is 9.59 Å². The van der Waals surface area contributed by atoms with E-state index in [1.165, 1.54) is 5.69 Å². The number of anilines is 1. The van der Waals surface area contributed by atoms with Gasteiger partial charge in [0.1, 0.15) is 6.29 Å². The van der Waals surface area contributed by atoms with E-state index in [2.05, 4.69) is 27.7 Å². The number of primary amides is 1. The Bertz CT molecular complexity index is 501. The summed E-state index contributed by atoms with van der Waals surface area (Å²) in [5.74, 6) is -0.417. The molecule has 1 aliphatic rings. The maximum absolute atomic E-state index is 11.4. The van der Waals surface area contributed by atoms with Crippen LogP contribution in [-0.4, -0.2) is 44.4 Å². The lowest BCUT2D eigenvalue weighted by atomic mass is 10.1. The highest BCUT2D eigenvalue weighted by Gasteiger charge is 2.15. The van der Waals surface area contributed by atoms with Crippen molar-refractivity contribution in [2.75, 3.05) is 31.1 Å². The van der Waals surface area contributed by atoms with Gasteiger partial charge in [0, 0.05) is 44.8 Å². The van der Waals surface area contributed by atoms with Crippen molar-refractivity contribution in [1.82, 2.24) is 10.6 Å². The fraction of sp³-hybridized carbons (Fsp3) is 0.500. The van der Waals surface area contributed by atoms with Crippen LogP contribution in [0.4, 0.5) is 5.69 Å². The highest BCUT2D eigenvalue weighted by Crippen LogP contribution is 2.17. The summed E-state index contributed by atoms with van der Waals surface area (Å²) in [7, 11) is 0. The first-order chi connectivity index (χ1) is 10.7. The summed E-state index contributed by atoms with van der Waals surface area (Å²) in [4.78, 5) is 24.2. The Labute approximate surface area is 131 Å². The lowest BCUT2D eigenvalue weighted by Gasteiger charge is -2.29. The Morgan fingerprint density at radius 2 is 2.18 bits per heavy atom. The second-order valence-electron chi connectivity index (χ2n) is 5.49. The number of nitrogens with zero attached hydrogens (tertiary/aromatic N) is 1. The maximum atomic E-state index is 11.4. The molecular formula is C16H24N4O2. The molecule has 0 radical (unpaired) electrons. The molecule has 0 saturated carbocycles. The molecule has 120 valence electrons. The molecule has 0 aromatic heterocycles. The number of carbonyl (C=O) groups is 2. The number of piperazine rings is 1. The van der Waals surface area contributed by atoms with E-state index >= 15 is 0 Å². The molecule has 22 heavy (non-hydrogen) atoms. The normalized spacial score (nSPS) is 16.3. The fourth-order valence-corrected chi connectivity index (χ4v) is 2.61. The molecule has 1 aromatic carbocycles. The Morgan fingerprint density at radius 3 is 2.86 bits per heavy atom. The Hall–Kier alpha value is -1.92. The van der Waals surface area contributed by atoms with Gasteiger partial charge in [0.05, 0.1) is 6.04 Å². The van der Waals surface area contributed by atoms with E-state index in [1.807, 2.05) is 12.1 Å². The first kappa shape index (κ1) is 16.5. The van der Waals surface area contributed by atoms with Crippen molar-refractivity contribution >= 4 is 17.9 Å². The monoisotopic (exact) mass is 304 g/mol. The fourth-order valence-electron chi connectivity index (χ4n) is 2.61. The Morgan fingerprint density at radius 1 is 1.41 bits per heavy atom. The summed E-state index contributed by atoms with van der Waals surface area (Å²) < 4.78 is 0. The second-order valence-corrected chi connectivity index (χ2v) is 5.49. The maximum Gasteiger partial charge on any atom is 0.234 e. The van der Waals surface area contributed by atoms with Crippen molar-refractivity contribution in [3.05, 3.63) is 29.8 Å². The van der Waals surface area contributed by atoms with Gasteiger partial charge in [-0.1, -0.05) is 12.1 Å². The van der Waals surface area contributed by atoms with Gasteiger partial charge >= 0.3 is 0 Å². The van der Waals surface area contributed by atoms with Crippen molar-refractivity contribution in [1.29, 1.82) is 0 Å². The predicted octanol–water partition coefficient (Wildman–Crippen LogP) is 0.0188. The summed E-state index contributed by atoms with van der Waals surface area (Å²) in [6.45, 7) is 4.56. The number of hydrogen-bond acceptors (Lipinski definition) is 5. The molecule has 0 spiro atoms. The number of aldehydes is 1. The Kier molecular flexibility index (Phi) is 6.36.